The first kappa shape index (κ1) is 16.6. The molecule has 3 aromatic rings. The van der Waals surface area contributed by atoms with Crippen molar-refractivity contribution in [2.75, 3.05) is 0 Å². The predicted molar refractivity (Wildman–Crippen MR) is 90.3 cm³/mol. The number of amides is 1. The van der Waals surface area contributed by atoms with Crippen molar-refractivity contribution in [3.05, 3.63) is 88.6 Å². The fraction of sp³-hybridized carbons (Fsp3) is 0.167. The minimum absolute atomic E-state index is 0.129. The van der Waals surface area contributed by atoms with Gasteiger partial charge in [-0.15, -0.1) is 0 Å². The lowest BCUT2D eigenvalue weighted by molar-refractivity contribution is -0.122. The van der Waals surface area contributed by atoms with Crippen molar-refractivity contribution in [3.8, 4) is 0 Å². The Bertz CT molecular complexity index is 948. The highest BCUT2D eigenvalue weighted by Gasteiger charge is 2.21. The molecule has 3 rings (SSSR count). The molecule has 0 aliphatic heterocycles. The molecule has 1 unspecified atom stereocenters. The molecule has 6 nitrogen and oxygen atoms in total. The molecular weight excluding hydrogens is 323 g/mol. The van der Waals surface area contributed by atoms with E-state index < -0.39 is 11.9 Å². The Hall–Kier alpha value is -3.22. The van der Waals surface area contributed by atoms with Gasteiger partial charge in [0, 0.05) is 31.7 Å². The molecule has 25 heavy (non-hydrogen) atoms. The Balaban J connectivity index is 1.88. The van der Waals surface area contributed by atoms with Crippen LogP contribution in [0.5, 0.6) is 0 Å². The van der Waals surface area contributed by atoms with Crippen molar-refractivity contribution < 1.29 is 9.18 Å². The summed E-state index contributed by atoms with van der Waals surface area (Å²) in [5.41, 5.74) is 0.306. The van der Waals surface area contributed by atoms with Gasteiger partial charge in [-0.25, -0.2) is 9.37 Å². The van der Waals surface area contributed by atoms with Gasteiger partial charge in [0.15, 0.2) is 0 Å². The van der Waals surface area contributed by atoms with Crippen LogP contribution in [-0.4, -0.2) is 20.0 Å². The van der Waals surface area contributed by atoms with Crippen LogP contribution in [0.4, 0.5) is 4.39 Å². The molecule has 1 N–H and O–H groups in total. The molecule has 1 amide bonds. The zero-order valence-corrected chi connectivity index (χ0v) is 13.6. The lowest BCUT2D eigenvalue weighted by Crippen LogP contribution is -2.35. The maximum atomic E-state index is 13.6. The molecule has 2 heterocycles. The Morgan fingerprint density at radius 2 is 2.08 bits per heavy atom. The van der Waals surface area contributed by atoms with Gasteiger partial charge in [-0.1, -0.05) is 18.2 Å². The minimum Gasteiger partial charge on any atom is -0.341 e. The number of carbonyl (C=O) groups is 1. The average molecular weight is 340 g/mol. The van der Waals surface area contributed by atoms with Crippen LogP contribution in [0.25, 0.3) is 0 Å². The van der Waals surface area contributed by atoms with Crippen LogP contribution in [0.15, 0.2) is 65.8 Å². The number of pyridine rings is 1. The van der Waals surface area contributed by atoms with Gasteiger partial charge in [0.05, 0.1) is 0 Å². The molecule has 2 aromatic heterocycles. The number of nitrogens with zero attached hydrogens (tertiary/aromatic N) is 3. The third-order valence-corrected chi connectivity index (χ3v) is 3.82. The van der Waals surface area contributed by atoms with Gasteiger partial charge < -0.3 is 14.5 Å². The number of aryl methyl sites for hydroxylation is 1. The number of nitrogens with one attached hydrogen (secondary N) is 1. The molecule has 0 aliphatic rings. The number of halogens is 1. The maximum absolute atomic E-state index is 13.6. The molecule has 0 radical (unpaired) electrons. The van der Waals surface area contributed by atoms with Gasteiger partial charge in [-0.3, -0.25) is 9.59 Å². The number of rotatable bonds is 5. The molecule has 1 atom stereocenters. The highest BCUT2D eigenvalue weighted by Crippen LogP contribution is 2.21. The summed E-state index contributed by atoms with van der Waals surface area (Å²) in [5.74, 6) is -0.199. The topological polar surface area (TPSA) is 68.9 Å². The average Bonchev–Trinajstić information content (AvgIpc) is 3.00. The van der Waals surface area contributed by atoms with Crippen LogP contribution in [0, 0.1) is 5.82 Å². The number of aromatic nitrogens is 3. The van der Waals surface area contributed by atoms with Crippen LogP contribution < -0.4 is 10.9 Å². The monoisotopic (exact) mass is 340 g/mol. The first-order valence-electron chi connectivity index (χ1n) is 7.72. The number of carbonyl (C=O) groups excluding carboxylic acids is 1. The molecule has 128 valence electrons. The van der Waals surface area contributed by atoms with E-state index in [0.29, 0.717) is 11.4 Å². The van der Waals surface area contributed by atoms with E-state index in [1.807, 2.05) is 0 Å². The first-order valence-corrected chi connectivity index (χ1v) is 7.72. The van der Waals surface area contributed by atoms with E-state index in [9.17, 15) is 14.0 Å². The fourth-order valence-corrected chi connectivity index (χ4v) is 2.59. The van der Waals surface area contributed by atoms with Crippen LogP contribution in [0.3, 0.4) is 0 Å². The smallest absolute Gasteiger partial charge is 0.250 e. The fourth-order valence-electron chi connectivity index (χ4n) is 2.59. The maximum Gasteiger partial charge on any atom is 0.250 e. The second-order valence-electron chi connectivity index (χ2n) is 5.62. The highest BCUT2D eigenvalue weighted by atomic mass is 19.1. The Kier molecular flexibility index (Phi) is 4.74. The molecule has 0 fully saturated rings. The molecule has 0 aliphatic carbocycles. The van der Waals surface area contributed by atoms with E-state index >= 15 is 0 Å². The molecule has 7 heteroatoms. The van der Waals surface area contributed by atoms with E-state index in [1.165, 1.54) is 22.8 Å². The minimum atomic E-state index is -0.623. The zero-order valence-electron chi connectivity index (χ0n) is 13.6. The lowest BCUT2D eigenvalue weighted by atomic mass is 10.1. The standard InChI is InChI=1S/C18H17FN4O2/c1-22-10-8-20-18(22)17(13-5-4-6-14(19)11-13)21-15(24)12-23-9-3-2-7-16(23)25/h2-11,17H,12H2,1H3,(H,21,24). The van der Waals surface area contributed by atoms with Crippen molar-refractivity contribution in [1.82, 2.24) is 19.4 Å². The second kappa shape index (κ2) is 7.12. The molecule has 0 saturated heterocycles. The van der Waals surface area contributed by atoms with Crippen LogP contribution in [-0.2, 0) is 18.4 Å². The molecule has 0 bridgehead atoms. The Labute approximate surface area is 143 Å². The summed E-state index contributed by atoms with van der Waals surface area (Å²) in [6.07, 6.45) is 4.89. The highest BCUT2D eigenvalue weighted by molar-refractivity contribution is 5.76. The van der Waals surface area contributed by atoms with Crippen LogP contribution in [0.2, 0.25) is 0 Å². The SMILES string of the molecule is Cn1ccnc1C(NC(=O)Cn1ccccc1=O)c1cccc(F)c1. The third-order valence-electron chi connectivity index (χ3n) is 3.82. The Morgan fingerprint density at radius 3 is 2.76 bits per heavy atom. The normalized spacial score (nSPS) is 11.9. The second-order valence-corrected chi connectivity index (χ2v) is 5.62. The summed E-state index contributed by atoms with van der Waals surface area (Å²) in [5, 5.41) is 2.83. The quantitative estimate of drug-likeness (QED) is 0.767. The summed E-state index contributed by atoms with van der Waals surface area (Å²) in [7, 11) is 1.79. The van der Waals surface area contributed by atoms with Gasteiger partial charge in [0.1, 0.15) is 24.2 Å². The van der Waals surface area contributed by atoms with Crippen LogP contribution >= 0.6 is 0 Å². The Morgan fingerprint density at radius 1 is 1.24 bits per heavy atom. The van der Waals surface area contributed by atoms with Crippen molar-refractivity contribution in [2.45, 2.75) is 12.6 Å². The largest absolute Gasteiger partial charge is 0.341 e. The van der Waals surface area contributed by atoms with E-state index in [4.69, 9.17) is 0 Å². The molecule has 0 spiro atoms. The zero-order chi connectivity index (χ0) is 17.8. The molecule has 0 saturated carbocycles. The predicted octanol–water partition coefficient (Wildman–Crippen LogP) is 1.63. The molecule has 1 aromatic carbocycles. The number of hydrogen-bond acceptors (Lipinski definition) is 3. The van der Waals surface area contributed by atoms with Crippen molar-refractivity contribution in [1.29, 1.82) is 0 Å². The summed E-state index contributed by atoms with van der Waals surface area (Å²) >= 11 is 0. The molecular formula is C18H17FN4O2. The number of hydrogen-bond donors (Lipinski definition) is 1. The van der Waals surface area contributed by atoms with Crippen molar-refractivity contribution >= 4 is 5.91 Å². The lowest BCUT2D eigenvalue weighted by Gasteiger charge is -2.19. The van der Waals surface area contributed by atoms with Gasteiger partial charge in [0.2, 0.25) is 5.91 Å². The van der Waals surface area contributed by atoms with E-state index in [-0.39, 0.29) is 18.0 Å². The van der Waals surface area contributed by atoms with Gasteiger partial charge in [-0.2, -0.15) is 0 Å². The van der Waals surface area contributed by atoms with Crippen molar-refractivity contribution in [2.24, 2.45) is 7.05 Å². The van der Waals surface area contributed by atoms with Crippen LogP contribution in [0.1, 0.15) is 17.4 Å². The first-order chi connectivity index (χ1) is 12.0. The summed E-state index contributed by atoms with van der Waals surface area (Å²) in [6, 6.07) is 10.0. The third kappa shape index (κ3) is 3.82. The van der Waals surface area contributed by atoms with Gasteiger partial charge in [0.25, 0.3) is 5.56 Å². The van der Waals surface area contributed by atoms with E-state index in [0.717, 1.165) is 0 Å². The van der Waals surface area contributed by atoms with Gasteiger partial charge in [-0.05, 0) is 23.8 Å². The summed E-state index contributed by atoms with van der Waals surface area (Å²) in [4.78, 5) is 28.5. The van der Waals surface area contributed by atoms with E-state index in [1.54, 1.807) is 54.5 Å². The van der Waals surface area contributed by atoms with Gasteiger partial charge >= 0.3 is 0 Å². The van der Waals surface area contributed by atoms with E-state index in [2.05, 4.69) is 10.3 Å². The summed E-state index contributed by atoms with van der Waals surface area (Å²) in [6.45, 7) is -0.129. The summed E-state index contributed by atoms with van der Waals surface area (Å²) < 4.78 is 16.7. The number of imidazole rings is 1. The van der Waals surface area contributed by atoms with Crippen molar-refractivity contribution in [3.63, 3.8) is 0 Å². The number of benzene rings is 1.